The van der Waals surface area contributed by atoms with Gasteiger partial charge >= 0.3 is 0 Å². The van der Waals surface area contributed by atoms with Crippen LogP contribution in [0.5, 0.6) is 0 Å². The molecule has 0 radical (unpaired) electrons. The Balaban J connectivity index is 2.87. The molecule has 25 heavy (non-hydrogen) atoms. The number of carbonyl (C=O) groups is 1. The van der Waals surface area contributed by atoms with E-state index in [4.69, 9.17) is 17.9 Å². The topological polar surface area (TPSA) is 133 Å². The van der Waals surface area contributed by atoms with Crippen LogP contribution in [-0.2, 0) is 9.84 Å². The molecule has 4 N–H and O–H groups in total. The molecule has 2 aromatic rings. The van der Waals surface area contributed by atoms with Crippen molar-refractivity contribution < 1.29 is 13.2 Å². The molecule has 0 aliphatic heterocycles. The highest BCUT2D eigenvalue weighted by atomic mass is 32.2. The molecular weight excluding hydrogens is 342 g/mol. The number of nitrogens with two attached hydrogens (primary N) is 2. The number of benzene rings is 1. The molecule has 9 heteroatoms. The zero-order valence-electron chi connectivity index (χ0n) is 13.9. The number of hydrogen-bond acceptors (Lipinski definition) is 4. The van der Waals surface area contributed by atoms with Gasteiger partial charge in [-0.25, -0.2) is 13.4 Å². The van der Waals surface area contributed by atoms with Gasteiger partial charge in [0.15, 0.2) is 15.8 Å². The van der Waals surface area contributed by atoms with E-state index in [1.807, 2.05) is 0 Å². The zero-order valence-corrected chi connectivity index (χ0v) is 14.8. The molecule has 0 fully saturated rings. The lowest BCUT2D eigenvalue weighted by Crippen LogP contribution is -2.24. The lowest BCUT2D eigenvalue weighted by atomic mass is 10.1. The van der Waals surface area contributed by atoms with Gasteiger partial charge < -0.3 is 16.0 Å². The second-order valence-electron chi connectivity index (χ2n) is 5.42. The van der Waals surface area contributed by atoms with Crippen LogP contribution in [0.3, 0.4) is 0 Å². The number of aliphatic imine (C=N–C) groups is 1. The summed E-state index contributed by atoms with van der Waals surface area (Å²) in [7, 11) is -3.68. The van der Waals surface area contributed by atoms with Gasteiger partial charge in [0.05, 0.1) is 21.8 Å². The standard InChI is InChI=1S/C16H17N5O3S/c1-5-11-6-13(21-8-9(2)19-10(21)3)14(25(4,23)24)7-12(11)15(22)20-16(17)18/h1,6-8H,2-4H3,(H4,17,18,20,22). The van der Waals surface area contributed by atoms with E-state index in [1.165, 1.54) is 12.1 Å². The van der Waals surface area contributed by atoms with Crippen LogP contribution in [0.1, 0.15) is 27.4 Å². The summed E-state index contributed by atoms with van der Waals surface area (Å²) in [5, 5.41) is 0. The van der Waals surface area contributed by atoms with Crippen molar-refractivity contribution in [3.63, 3.8) is 0 Å². The number of imidazole rings is 1. The van der Waals surface area contributed by atoms with Gasteiger partial charge in [-0.1, -0.05) is 5.92 Å². The van der Waals surface area contributed by atoms with Crippen molar-refractivity contribution in [3.8, 4) is 18.0 Å². The highest BCUT2D eigenvalue weighted by Gasteiger charge is 2.22. The molecule has 130 valence electrons. The van der Waals surface area contributed by atoms with E-state index in [-0.39, 0.29) is 16.0 Å². The number of guanidine groups is 1. The molecule has 1 amide bonds. The highest BCUT2D eigenvalue weighted by molar-refractivity contribution is 7.90. The van der Waals surface area contributed by atoms with Gasteiger partial charge in [0.1, 0.15) is 5.82 Å². The van der Waals surface area contributed by atoms with E-state index in [0.717, 1.165) is 6.26 Å². The number of carbonyl (C=O) groups excluding carboxylic acids is 1. The zero-order chi connectivity index (χ0) is 18.9. The van der Waals surface area contributed by atoms with E-state index < -0.39 is 21.7 Å². The molecule has 0 saturated carbocycles. The number of amides is 1. The Bertz CT molecular complexity index is 1040. The summed E-state index contributed by atoms with van der Waals surface area (Å²) in [5.41, 5.74) is 11.5. The van der Waals surface area contributed by atoms with Gasteiger partial charge in [-0.05, 0) is 26.0 Å². The molecule has 2 rings (SSSR count). The van der Waals surface area contributed by atoms with Crippen LogP contribution in [0.15, 0.2) is 28.2 Å². The van der Waals surface area contributed by atoms with E-state index in [9.17, 15) is 13.2 Å². The summed E-state index contributed by atoms with van der Waals surface area (Å²) in [6.07, 6.45) is 8.20. The first-order chi connectivity index (χ1) is 11.5. The molecule has 8 nitrogen and oxygen atoms in total. The number of aromatic nitrogens is 2. The van der Waals surface area contributed by atoms with Crippen molar-refractivity contribution >= 4 is 21.7 Å². The molecule has 0 bridgehead atoms. The summed E-state index contributed by atoms with van der Waals surface area (Å²) in [6, 6.07) is 2.61. The first-order valence-corrected chi connectivity index (χ1v) is 8.95. The van der Waals surface area contributed by atoms with Crippen LogP contribution in [0.25, 0.3) is 5.69 Å². The van der Waals surface area contributed by atoms with Gasteiger partial charge in [0.25, 0.3) is 5.91 Å². The first kappa shape index (κ1) is 18.2. The minimum atomic E-state index is -3.68. The summed E-state index contributed by atoms with van der Waals surface area (Å²) in [5.74, 6) is 1.68. The van der Waals surface area contributed by atoms with Crippen LogP contribution in [0.2, 0.25) is 0 Å². The SMILES string of the molecule is C#Cc1cc(-n2cc(C)nc2C)c(S(C)(=O)=O)cc1C(=O)N=C(N)N. The average molecular weight is 359 g/mol. The number of rotatable bonds is 3. The first-order valence-electron chi connectivity index (χ1n) is 7.06. The minimum absolute atomic E-state index is 0.0745. The lowest BCUT2D eigenvalue weighted by Gasteiger charge is -2.13. The Morgan fingerprint density at radius 1 is 1.32 bits per heavy atom. The fourth-order valence-electron chi connectivity index (χ4n) is 2.39. The molecule has 0 aliphatic carbocycles. The van der Waals surface area contributed by atoms with Crippen LogP contribution in [-0.4, -0.2) is 36.1 Å². The largest absolute Gasteiger partial charge is 0.370 e. The molecule has 0 aliphatic rings. The van der Waals surface area contributed by atoms with E-state index in [0.29, 0.717) is 17.2 Å². The number of terminal acetylenes is 1. The molecule has 0 atom stereocenters. The minimum Gasteiger partial charge on any atom is -0.370 e. The van der Waals surface area contributed by atoms with E-state index in [1.54, 1.807) is 24.6 Å². The third-order valence-corrected chi connectivity index (χ3v) is 4.50. The molecule has 1 aromatic heterocycles. The number of hydrogen-bond donors (Lipinski definition) is 2. The summed E-state index contributed by atoms with van der Waals surface area (Å²) < 4.78 is 26.1. The third kappa shape index (κ3) is 3.70. The summed E-state index contributed by atoms with van der Waals surface area (Å²) in [4.78, 5) is 19.8. The van der Waals surface area contributed by atoms with Gasteiger partial charge in [-0.2, -0.15) is 4.99 Å². The third-order valence-electron chi connectivity index (χ3n) is 3.38. The smallest absolute Gasteiger partial charge is 0.281 e. The maximum absolute atomic E-state index is 12.3. The predicted octanol–water partition coefficient (Wildman–Crippen LogP) is 0.288. The molecule has 0 spiro atoms. The monoisotopic (exact) mass is 359 g/mol. The van der Waals surface area contributed by atoms with Crippen LogP contribution >= 0.6 is 0 Å². The number of nitrogens with zero attached hydrogens (tertiary/aromatic N) is 3. The van der Waals surface area contributed by atoms with Crippen molar-refractivity contribution in [2.75, 3.05) is 6.26 Å². The van der Waals surface area contributed by atoms with Gasteiger partial charge in [0, 0.05) is 18.0 Å². The molecule has 0 saturated heterocycles. The number of aryl methyl sites for hydroxylation is 2. The van der Waals surface area contributed by atoms with Gasteiger partial charge in [-0.15, -0.1) is 6.42 Å². The fraction of sp³-hybridized carbons (Fsp3) is 0.188. The van der Waals surface area contributed by atoms with Crippen molar-refractivity contribution in [1.82, 2.24) is 9.55 Å². The Morgan fingerprint density at radius 3 is 2.40 bits per heavy atom. The molecule has 1 heterocycles. The molecule has 1 aromatic carbocycles. The second-order valence-corrected chi connectivity index (χ2v) is 7.41. The maximum Gasteiger partial charge on any atom is 0.281 e. The Hall–Kier alpha value is -3.12. The second kappa shape index (κ2) is 6.41. The maximum atomic E-state index is 12.3. The quantitative estimate of drug-likeness (QED) is 0.459. The summed E-state index contributed by atoms with van der Waals surface area (Å²) >= 11 is 0. The van der Waals surface area contributed by atoms with Gasteiger partial charge in [0.2, 0.25) is 0 Å². The van der Waals surface area contributed by atoms with Gasteiger partial charge in [-0.3, -0.25) is 4.79 Å². The van der Waals surface area contributed by atoms with E-state index in [2.05, 4.69) is 15.9 Å². The van der Waals surface area contributed by atoms with Crippen molar-refractivity contribution in [2.45, 2.75) is 18.7 Å². The van der Waals surface area contributed by atoms with Crippen molar-refractivity contribution in [3.05, 3.63) is 41.0 Å². The lowest BCUT2D eigenvalue weighted by molar-refractivity contribution is 0.100. The van der Waals surface area contributed by atoms with E-state index >= 15 is 0 Å². The van der Waals surface area contributed by atoms with Crippen LogP contribution < -0.4 is 11.5 Å². The molecular formula is C16H17N5O3S. The summed E-state index contributed by atoms with van der Waals surface area (Å²) in [6.45, 7) is 3.51. The Labute approximate surface area is 145 Å². The molecule has 0 unspecified atom stereocenters. The normalized spacial score (nSPS) is 11.0. The highest BCUT2D eigenvalue weighted by Crippen LogP contribution is 2.26. The average Bonchev–Trinajstić information content (AvgIpc) is 2.82. The Kier molecular flexibility index (Phi) is 4.67. The van der Waals surface area contributed by atoms with Crippen molar-refractivity contribution in [1.29, 1.82) is 0 Å². The number of sulfone groups is 1. The van der Waals surface area contributed by atoms with Crippen molar-refractivity contribution in [2.24, 2.45) is 16.5 Å². The Morgan fingerprint density at radius 2 is 1.96 bits per heavy atom. The predicted molar refractivity (Wildman–Crippen MR) is 94.2 cm³/mol. The fourth-order valence-corrected chi connectivity index (χ4v) is 3.26. The van der Waals surface area contributed by atoms with Crippen LogP contribution in [0, 0.1) is 26.2 Å². The van der Waals surface area contributed by atoms with Crippen LogP contribution in [0.4, 0.5) is 0 Å².